The first-order valence-corrected chi connectivity index (χ1v) is 4.18. The van der Waals surface area contributed by atoms with Crippen molar-refractivity contribution in [3.63, 3.8) is 0 Å². The smallest absolute Gasteiger partial charge is 0.0612 e. The summed E-state index contributed by atoms with van der Waals surface area (Å²) in [6.45, 7) is 1.96. The fourth-order valence-electron chi connectivity index (χ4n) is 1.08. The molecule has 0 amide bonds. The minimum absolute atomic E-state index is 0.105. The van der Waals surface area contributed by atoms with Crippen LogP contribution in [0.2, 0.25) is 0 Å². The molecular formula is C6H13BrN2O. The van der Waals surface area contributed by atoms with E-state index in [2.05, 4.69) is 16.1 Å². The second-order valence-electron chi connectivity index (χ2n) is 2.93. The molecule has 1 aliphatic heterocycles. The van der Waals surface area contributed by atoms with Crippen molar-refractivity contribution in [2.24, 2.45) is 5.73 Å². The summed E-state index contributed by atoms with van der Waals surface area (Å²) in [6, 6.07) is 0. The number of rotatable bonds is 1. The zero-order valence-electron chi connectivity index (χ0n) is 5.89. The molecule has 1 aliphatic rings. The molecule has 0 aliphatic carbocycles. The van der Waals surface area contributed by atoms with Gasteiger partial charge in [-0.3, -0.25) is 0 Å². The average molecular weight is 209 g/mol. The van der Waals surface area contributed by atoms with E-state index in [9.17, 15) is 0 Å². The topological polar surface area (TPSA) is 49.5 Å². The Balaban J connectivity index is 2.38. The van der Waals surface area contributed by atoms with Crippen LogP contribution in [0.25, 0.3) is 0 Å². The number of piperidine rings is 1. The van der Waals surface area contributed by atoms with Gasteiger partial charge in [-0.05, 0) is 12.8 Å². The predicted molar refractivity (Wildman–Crippen MR) is 43.7 cm³/mol. The van der Waals surface area contributed by atoms with E-state index in [1.807, 2.05) is 3.93 Å². The number of hydrogen-bond acceptors (Lipinski definition) is 3. The van der Waals surface area contributed by atoms with Gasteiger partial charge in [-0.25, -0.2) is 3.93 Å². The van der Waals surface area contributed by atoms with Gasteiger partial charge in [0, 0.05) is 34.8 Å². The van der Waals surface area contributed by atoms with Crippen molar-refractivity contribution in [3.8, 4) is 0 Å². The molecule has 3 nitrogen and oxygen atoms in total. The van der Waals surface area contributed by atoms with Crippen LogP contribution < -0.4 is 5.73 Å². The van der Waals surface area contributed by atoms with Gasteiger partial charge in [-0.1, -0.05) is 0 Å². The molecule has 0 aromatic rings. The fraction of sp³-hybridized carbons (Fsp3) is 1.00. The normalized spacial score (nSPS) is 26.7. The summed E-state index contributed by atoms with van der Waals surface area (Å²) in [5.74, 6) is 0. The van der Waals surface area contributed by atoms with Crippen LogP contribution in [0, 0.1) is 0 Å². The lowest BCUT2D eigenvalue weighted by molar-refractivity contribution is 0.144. The third-order valence-electron chi connectivity index (χ3n) is 2.02. The van der Waals surface area contributed by atoms with Gasteiger partial charge < -0.3 is 10.8 Å². The van der Waals surface area contributed by atoms with Crippen molar-refractivity contribution in [3.05, 3.63) is 0 Å². The number of nitrogens with two attached hydrogens (primary N) is 1. The van der Waals surface area contributed by atoms with E-state index >= 15 is 0 Å². The minimum Gasteiger partial charge on any atom is -0.394 e. The maximum absolute atomic E-state index is 8.88. The van der Waals surface area contributed by atoms with Gasteiger partial charge in [-0.15, -0.1) is 0 Å². The Kier molecular flexibility index (Phi) is 2.68. The second kappa shape index (κ2) is 3.17. The highest BCUT2D eigenvalue weighted by Gasteiger charge is 2.28. The summed E-state index contributed by atoms with van der Waals surface area (Å²) in [4.78, 5) is 0. The van der Waals surface area contributed by atoms with Crippen LogP contribution in [-0.4, -0.2) is 34.3 Å². The molecule has 1 rings (SSSR count). The van der Waals surface area contributed by atoms with Crippen molar-refractivity contribution >= 4 is 16.1 Å². The fourth-order valence-corrected chi connectivity index (χ4v) is 1.44. The van der Waals surface area contributed by atoms with Crippen LogP contribution in [0.1, 0.15) is 12.8 Å². The van der Waals surface area contributed by atoms with Crippen molar-refractivity contribution in [2.75, 3.05) is 19.7 Å². The van der Waals surface area contributed by atoms with Crippen LogP contribution in [-0.2, 0) is 0 Å². The summed E-state index contributed by atoms with van der Waals surface area (Å²) < 4.78 is 2.05. The molecule has 4 heteroatoms. The molecule has 0 aromatic carbocycles. The van der Waals surface area contributed by atoms with Gasteiger partial charge in [-0.2, -0.15) is 0 Å². The van der Waals surface area contributed by atoms with Crippen molar-refractivity contribution < 1.29 is 5.11 Å². The zero-order chi connectivity index (χ0) is 7.61. The first-order chi connectivity index (χ1) is 4.66. The van der Waals surface area contributed by atoms with Gasteiger partial charge in [0.25, 0.3) is 0 Å². The lowest BCUT2D eigenvalue weighted by Crippen LogP contribution is -2.50. The molecule has 1 fully saturated rings. The largest absolute Gasteiger partial charge is 0.394 e. The third kappa shape index (κ3) is 1.92. The number of aliphatic hydroxyl groups excluding tert-OH is 1. The Morgan fingerprint density at radius 2 is 2.00 bits per heavy atom. The molecule has 10 heavy (non-hydrogen) atoms. The van der Waals surface area contributed by atoms with Gasteiger partial charge in [0.15, 0.2) is 0 Å². The highest BCUT2D eigenvalue weighted by Crippen LogP contribution is 2.20. The van der Waals surface area contributed by atoms with E-state index in [-0.39, 0.29) is 12.1 Å². The van der Waals surface area contributed by atoms with E-state index in [1.54, 1.807) is 0 Å². The van der Waals surface area contributed by atoms with Gasteiger partial charge in [0.05, 0.1) is 6.61 Å². The third-order valence-corrected chi connectivity index (χ3v) is 2.73. The van der Waals surface area contributed by atoms with Gasteiger partial charge in [0.1, 0.15) is 0 Å². The molecule has 0 aromatic heterocycles. The number of halogens is 1. The molecule has 0 spiro atoms. The molecule has 1 saturated heterocycles. The molecule has 1 heterocycles. The van der Waals surface area contributed by atoms with Gasteiger partial charge in [0.2, 0.25) is 0 Å². The minimum atomic E-state index is -0.315. The first kappa shape index (κ1) is 8.46. The number of nitrogens with zero attached hydrogens (tertiary/aromatic N) is 1. The molecule has 60 valence electrons. The number of aliphatic hydroxyl groups is 1. The highest BCUT2D eigenvalue weighted by molar-refractivity contribution is 9.07. The second-order valence-corrected chi connectivity index (χ2v) is 3.93. The zero-order valence-corrected chi connectivity index (χ0v) is 7.47. The summed E-state index contributed by atoms with van der Waals surface area (Å²) >= 11 is 3.37. The Morgan fingerprint density at radius 1 is 1.50 bits per heavy atom. The van der Waals surface area contributed by atoms with Crippen LogP contribution in [0.4, 0.5) is 0 Å². The Labute approximate surface area is 69.5 Å². The predicted octanol–water partition coefficient (Wildman–Crippen LogP) is 0.0819. The van der Waals surface area contributed by atoms with Crippen molar-refractivity contribution in [1.29, 1.82) is 0 Å². The maximum atomic E-state index is 8.88. The SMILES string of the molecule is NC1(CO)CCN(Br)CC1. The van der Waals surface area contributed by atoms with Gasteiger partial charge >= 0.3 is 0 Å². The maximum Gasteiger partial charge on any atom is 0.0612 e. The Hall–Kier alpha value is 0.360. The average Bonchev–Trinajstić information content (AvgIpc) is 1.96. The van der Waals surface area contributed by atoms with E-state index < -0.39 is 0 Å². The van der Waals surface area contributed by atoms with Crippen LogP contribution in [0.15, 0.2) is 0 Å². The summed E-state index contributed by atoms with van der Waals surface area (Å²) in [5.41, 5.74) is 5.51. The van der Waals surface area contributed by atoms with Crippen molar-refractivity contribution in [2.45, 2.75) is 18.4 Å². The first-order valence-electron chi connectivity index (χ1n) is 3.47. The summed E-state index contributed by atoms with van der Waals surface area (Å²) in [6.07, 6.45) is 1.74. The standard InChI is InChI=1S/C6H13BrN2O/c7-9-3-1-6(8,5-10)2-4-9/h10H,1-5,8H2. The quantitative estimate of drug-likeness (QED) is 0.601. The van der Waals surface area contributed by atoms with Crippen LogP contribution in [0.3, 0.4) is 0 Å². The van der Waals surface area contributed by atoms with Crippen molar-refractivity contribution in [1.82, 2.24) is 3.93 Å². The molecule has 0 saturated carbocycles. The highest BCUT2D eigenvalue weighted by atomic mass is 79.9. The molecule has 0 unspecified atom stereocenters. The lowest BCUT2D eigenvalue weighted by Gasteiger charge is -2.34. The molecule has 0 atom stereocenters. The number of hydrogen-bond donors (Lipinski definition) is 2. The van der Waals surface area contributed by atoms with E-state index in [0.29, 0.717) is 0 Å². The lowest BCUT2D eigenvalue weighted by atomic mass is 9.91. The molecule has 0 bridgehead atoms. The van der Waals surface area contributed by atoms with Crippen LogP contribution in [0.5, 0.6) is 0 Å². The Bertz CT molecular complexity index is 112. The monoisotopic (exact) mass is 208 g/mol. The van der Waals surface area contributed by atoms with E-state index in [4.69, 9.17) is 10.8 Å². The summed E-state index contributed by atoms with van der Waals surface area (Å²) in [7, 11) is 0. The van der Waals surface area contributed by atoms with Crippen LogP contribution >= 0.6 is 16.1 Å². The molecule has 0 radical (unpaired) electrons. The molecular weight excluding hydrogens is 196 g/mol. The Morgan fingerprint density at radius 3 is 2.40 bits per heavy atom. The van der Waals surface area contributed by atoms with E-state index in [0.717, 1.165) is 25.9 Å². The summed E-state index contributed by atoms with van der Waals surface area (Å²) in [5, 5.41) is 8.88. The molecule has 3 N–H and O–H groups in total. The van der Waals surface area contributed by atoms with E-state index in [1.165, 1.54) is 0 Å².